The normalized spacial score (nSPS) is 14.3. The molecule has 0 spiro atoms. The van der Waals surface area contributed by atoms with Gasteiger partial charge in [-0.3, -0.25) is 4.79 Å². The minimum atomic E-state index is -0.0175. The second-order valence-electron chi connectivity index (χ2n) is 5.05. The van der Waals surface area contributed by atoms with Crippen molar-refractivity contribution in [3.05, 3.63) is 23.3 Å². The molecule has 1 heterocycles. The molecule has 0 saturated carbocycles. The van der Waals surface area contributed by atoms with Crippen molar-refractivity contribution in [3.63, 3.8) is 0 Å². The highest BCUT2D eigenvalue weighted by atomic mass is 16.7. The molecule has 1 unspecified atom stereocenters. The highest BCUT2D eigenvalue weighted by Crippen LogP contribution is 2.34. The Kier molecular flexibility index (Phi) is 3.95. The van der Waals surface area contributed by atoms with Gasteiger partial charge in [0.15, 0.2) is 11.5 Å². The summed E-state index contributed by atoms with van der Waals surface area (Å²) in [6, 6.07) is 3.60. The number of rotatable bonds is 4. The van der Waals surface area contributed by atoms with E-state index < -0.39 is 0 Å². The van der Waals surface area contributed by atoms with E-state index in [0.29, 0.717) is 30.2 Å². The zero-order valence-corrected chi connectivity index (χ0v) is 11.6. The molecule has 2 rings (SSSR count). The van der Waals surface area contributed by atoms with Gasteiger partial charge in [0.05, 0.1) is 0 Å². The molecule has 0 fully saturated rings. The Morgan fingerprint density at radius 1 is 1.42 bits per heavy atom. The van der Waals surface area contributed by atoms with E-state index in [0.717, 1.165) is 5.56 Å². The van der Waals surface area contributed by atoms with Crippen LogP contribution in [0.3, 0.4) is 0 Å². The fraction of sp³-hybridized carbons (Fsp3) is 0.500. The van der Waals surface area contributed by atoms with Crippen LogP contribution in [0.4, 0.5) is 0 Å². The Morgan fingerprint density at radius 3 is 2.68 bits per heavy atom. The van der Waals surface area contributed by atoms with Crippen molar-refractivity contribution in [1.82, 2.24) is 4.90 Å². The number of hydrogen-bond acceptors (Lipinski definition) is 4. The van der Waals surface area contributed by atoms with Crippen molar-refractivity contribution >= 4 is 5.91 Å². The molecule has 0 radical (unpaired) electrons. The molecule has 5 nitrogen and oxygen atoms in total. The molecule has 19 heavy (non-hydrogen) atoms. The van der Waals surface area contributed by atoms with Gasteiger partial charge in [-0.25, -0.2) is 0 Å². The molecule has 1 aliphatic rings. The summed E-state index contributed by atoms with van der Waals surface area (Å²) in [4.78, 5) is 14.1. The molecule has 0 bridgehead atoms. The maximum Gasteiger partial charge on any atom is 0.254 e. The van der Waals surface area contributed by atoms with Crippen LogP contribution in [0, 0.1) is 12.8 Å². The Balaban J connectivity index is 2.19. The highest BCUT2D eigenvalue weighted by molar-refractivity contribution is 5.96. The van der Waals surface area contributed by atoms with E-state index >= 15 is 0 Å². The van der Waals surface area contributed by atoms with E-state index in [-0.39, 0.29) is 18.6 Å². The Hall–Kier alpha value is -1.75. The summed E-state index contributed by atoms with van der Waals surface area (Å²) in [7, 11) is 1.79. The van der Waals surface area contributed by atoms with Crippen LogP contribution in [0.15, 0.2) is 12.1 Å². The van der Waals surface area contributed by atoms with Crippen LogP contribution in [-0.2, 0) is 0 Å². The first kappa shape index (κ1) is 13.7. The highest BCUT2D eigenvalue weighted by Gasteiger charge is 2.21. The van der Waals surface area contributed by atoms with Gasteiger partial charge < -0.3 is 20.1 Å². The summed E-state index contributed by atoms with van der Waals surface area (Å²) in [5, 5.41) is 0. The van der Waals surface area contributed by atoms with E-state index in [1.54, 1.807) is 18.0 Å². The second-order valence-corrected chi connectivity index (χ2v) is 5.05. The van der Waals surface area contributed by atoms with Crippen LogP contribution in [0.5, 0.6) is 11.5 Å². The van der Waals surface area contributed by atoms with E-state index in [9.17, 15) is 4.79 Å². The van der Waals surface area contributed by atoms with Crippen molar-refractivity contribution in [2.45, 2.75) is 13.8 Å². The number of amides is 1. The van der Waals surface area contributed by atoms with Crippen LogP contribution in [0.25, 0.3) is 0 Å². The summed E-state index contributed by atoms with van der Waals surface area (Å²) in [6.45, 7) is 5.35. The van der Waals surface area contributed by atoms with Gasteiger partial charge in [0.2, 0.25) is 6.79 Å². The van der Waals surface area contributed by atoms with Gasteiger partial charge in [0.25, 0.3) is 5.91 Å². The summed E-state index contributed by atoms with van der Waals surface area (Å²) in [6.07, 6.45) is 0. The largest absolute Gasteiger partial charge is 0.454 e. The minimum Gasteiger partial charge on any atom is -0.454 e. The number of benzene rings is 1. The molecule has 0 aliphatic carbocycles. The van der Waals surface area contributed by atoms with Gasteiger partial charge in [0.1, 0.15) is 0 Å². The molecular weight excluding hydrogens is 244 g/mol. The Morgan fingerprint density at radius 2 is 2.05 bits per heavy atom. The van der Waals surface area contributed by atoms with Crippen LogP contribution < -0.4 is 15.2 Å². The first-order valence-corrected chi connectivity index (χ1v) is 6.38. The predicted molar refractivity (Wildman–Crippen MR) is 72.5 cm³/mol. The lowest BCUT2D eigenvalue weighted by Gasteiger charge is -2.21. The molecule has 5 heteroatoms. The van der Waals surface area contributed by atoms with Crippen molar-refractivity contribution in [2.75, 3.05) is 26.9 Å². The topological polar surface area (TPSA) is 64.8 Å². The van der Waals surface area contributed by atoms with Crippen LogP contribution in [0.2, 0.25) is 0 Å². The lowest BCUT2D eigenvalue weighted by molar-refractivity contribution is 0.0776. The van der Waals surface area contributed by atoms with Crippen molar-refractivity contribution in [3.8, 4) is 11.5 Å². The van der Waals surface area contributed by atoms with Gasteiger partial charge in [-0.2, -0.15) is 0 Å². The molecule has 0 saturated heterocycles. The number of hydrogen-bond donors (Lipinski definition) is 1. The summed E-state index contributed by atoms with van der Waals surface area (Å²) in [5.74, 6) is 1.60. The number of nitrogens with zero attached hydrogens (tertiary/aromatic N) is 1. The van der Waals surface area contributed by atoms with Crippen molar-refractivity contribution < 1.29 is 14.3 Å². The summed E-state index contributed by atoms with van der Waals surface area (Å²) < 4.78 is 10.6. The lowest BCUT2D eigenvalue weighted by Crippen LogP contribution is -2.33. The lowest BCUT2D eigenvalue weighted by atomic mass is 10.1. The summed E-state index contributed by atoms with van der Waals surface area (Å²) >= 11 is 0. The smallest absolute Gasteiger partial charge is 0.254 e. The van der Waals surface area contributed by atoms with E-state index in [1.165, 1.54) is 0 Å². The minimum absolute atomic E-state index is 0.0175. The van der Waals surface area contributed by atoms with Crippen molar-refractivity contribution in [1.29, 1.82) is 0 Å². The Labute approximate surface area is 113 Å². The molecule has 0 aromatic heterocycles. The average molecular weight is 264 g/mol. The first-order chi connectivity index (χ1) is 9.02. The second kappa shape index (κ2) is 5.48. The molecular formula is C14H20N2O3. The predicted octanol–water partition coefficient (Wildman–Crippen LogP) is 1.39. The monoisotopic (exact) mass is 264 g/mol. The number of carbonyl (C=O) groups excluding carboxylic acids is 1. The van der Waals surface area contributed by atoms with Gasteiger partial charge in [0, 0.05) is 19.2 Å². The number of ether oxygens (including phenoxy) is 2. The van der Waals surface area contributed by atoms with Gasteiger partial charge >= 0.3 is 0 Å². The molecule has 1 aliphatic heterocycles. The third kappa shape index (κ3) is 2.81. The van der Waals surface area contributed by atoms with Gasteiger partial charge in [-0.1, -0.05) is 6.92 Å². The van der Waals surface area contributed by atoms with Crippen LogP contribution in [0.1, 0.15) is 22.8 Å². The maximum absolute atomic E-state index is 12.4. The van der Waals surface area contributed by atoms with Crippen LogP contribution >= 0.6 is 0 Å². The quantitative estimate of drug-likeness (QED) is 0.892. The molecule has 1 aromatic carbocycles. The van der Waals surface area contributed by atoms with Gasteiger partial charge in [-0.15, -0.1) is 0 Å². The zero-order chi connectivity index (χ0) is 14.0. The zero-order valence-electron chi connectivity index (χ0n) is 11.6. The molecule has 1 amide bonds. The van der Waals surface area contributed by atoms with Crippen LogP contribution in [-0.4, -0.2) is 37.7 Å². The van der Waals surface area contributed by atoms with Crippen molar-refractivity contribution in [2.24, 2.45) is 11.7 Å². The fourth-order valence-corrected chi connectivity index (χ4v) is 2.10. The molecule has 1 atom stereocenters. The SMILES string of the molecule is Cc1cc2c(cc1C(=O)N(C)CC(C)CN)OCO2. The Bertz CT molecular complexity index is 488. The van der Waals surface area contributed by atoms with E-state index in [1.807, 2.05) is 19.9 Å². The van der Waals surface area contributed by atoms with Gasteiger partial charge in [-0.05, 0) is 37.1 Å². The maximum atomic E-state index is 12.4. The first-order valence-electron chi connectivity index (χ1n) is 6.38. The third-order valence-electron chi connectivity index (χ3n) is 3.28. The summed E-state index contributed by atoms with van der Waals surface area (Å²) in [5.41, 5.74) is 7.13. The third-order valence-corrected chi connectivity index (χ3v) is 3.28. The number of nitrogens with two attached hydrogens (primary N) is 1. The number of carbonyl (C=O) groups is 1. The number of fused-ring (bicyclic) bond motifs is 1. The molecule has 1 aromatic rings. The number of aryl methyl sites for hydroxylation is 1. The molecule has 104 valence electrons. The van der Waals surface area contributed by atoms with E-state index in [4.69, 9.17) is 15.2 Å². The van der Waals surface area contributed by atoms with E-state index in [2.05, 4.69) is 0 Å². The average Bonchev–Trinajstić information content (AvgIpc) is 2.83. The molecule has 2 N–H and O–H groups in total. The standard InChI is InChI=1S/C14H20N2O3/c1-9(6-15)7-16(3)14(17)11-5-13-12(4-10(11)2)18-8-19-13/h4-5,9H,6-8,15H2,1-3H3. The fourth-order valence-electron chi connectivity index (χ4n) is 2.10.